The Morgan fingerprint density at radius 3 is 2.42 bits per heavy atom. The topological polar surface area (TPSA) is 72.2 Å². The van der Waals surface area contributed by atoms with Crippen molar-refractivity contribution < 1.29 is 8.42 Å². The van der Waals surface area contributed by atoms with Crippen molar-refractivity contribution in [1.82, 2.24) is 0 Å². The summed E-state index contributed by atoms with van der Waals surface area (Å²) >= 11 is 0. The summed E-state index contributed by atoms with van der Waals surface area (Å²) in [7, 11) is -3.62. The van der Waals surface area contributed by atoms with Crippen molar-refractivity contribution in [1.29, 1.82) is 0 Å². The average Bonchev–Trinajstić information content (AvgIpc) is 2.35. The van der Waals surface area contributed by atoms with E-state index in [1.807, 2.05) is 13.0 Å². The Labute approximate surface area is 113 Å². The predicted molar refractivity (Wildman–Crippen MR) is 77.6 cm³/mol. The molecule has 0 spiro atoms. The molecule has 0 aliphatic rings. The highest BCUT2D eigenvalue weighted by molar-refractivity contribution is 7.92. The molecule has 0 amide bonds. The Kier molecular flexibility index (Phi) is 3.48. The van der Waals surface area contributed by atoms with Gasteiger partial charge in [0.1, 0.15) is 0 Å². The van der Waals surface area contributed by atoms with Crippen LogP contribution < -0.4 is 10.5 Å². The molecule has 3 N–H and O–H groups in total. The SMILES string of the molecule is Cc1ccc(C)c(S(=O)(=O)Nc2ccccc2N)c1. The van der Waals surface area contributed by atoms with Gasteiger partial charge >= 0.3 is 0 Å². The second-order valence-electron chi connectivity index (χ2n) is 4.46. The highest BCUT2D eigenvalue weighted by Crippen LogP contribution is 2.23. The summed E-state index contributed by atoms with van der Waals surface area (Å²) in [6.07, 6.45) is 0. The van der Waals surface area contributed by atoms with Crippen LogP contribution in [0.5, 0.6) is 0 Å². The Bertz CT molecular complexity index is 709. The van der Waals surface area contributed by atoms with Crippen molar-refractivity contribution in [2.75, 3.05) is 10.5 Å². The van der Waals surface area contributed by atoms with E-state index in [2.05, 4.69) is 4.72 Å². The molecule has 5 heteroatoms. The highest BCUT2D eigenvalue weighted by Gasteiger charge is 2.17. The largest absolute Gasteiger partial charge is 0.397 e. The van der Waals surface area contributed by atoms with E-state index in [0.717, 1.165) is 5.56 Å². The van der Waals surface area contributed by atoms with Gasteiger partial charge in [-0.2, -0.15) is 0 Å². The van der Waals surface area contributed by atoms with Gasteiger partial charge in [0.15, 0.2) is 0 Å². The lowest BCUT2D eigenvalue weighted by molar-refractivity contribution is 0.600. The monoisotopic (exact) mass is 276 g/mol. The molecule has 0 unspecified atom stereocenters. The van der Waals surface area contributed by atoms with Gasteiger partial charge in [-0.15, -0.1) is 0 Å². The fourth-order valence-corrected chi connectivity index (χ4v) is 3.20. The summed E-state index contributed by atoms with van der Waals surface area (Å²) in [6, 6.07) is 12.1. The number of rotatable bonds is 3. The van der Waals surface area contributed by atoms with Gasteiger partial charge in [0.2, 0.25) is 0 Å². The van der Waals surface area contributed by atoms with Crippen LogP contribution in [0.4, 0.5) is 11.4 Å². The molecule has 2 aromatic rings. The summed E-state index contributed by atoms with van der Waals surface area (Å²) in [6.45, 7) is 3.62. The Morgan fingerprint density at radius 2 is 1.74 bits per heavy atom. The van der Waals surface area contributed by atoms with E-state index >= 15 is 0 Å². The normalized spacial score (nSPS) is 11.3. The molecule has 4 nitrogen and oxygen atoms in total. The van der Waals surface area contributed by atoms with Gasteiger partial charge in [0, 0.05) is 0 Å². The predicted octanol–water partition coefficient (Wildman–Crippen LogP) is 2.69. The maximum Gasteiger partial charge on any atom is 0.262 e. The van der Waals surface area contributed by atoms with Crippen molar-refractivity contribution in [3.63, 3.8) is 0 Å². The molecule has 0 aromatic heterocycles. The maximum atomic E-state index is 12.4. The van der Waals surface area contributed by atoms with Gasteiger partial charge in [-0.25, -0.2) is 8.42 Å². The molecule has 100 valence electrons. The van der Waals surface area contributed by atoms with E-state index in [0.29, 0.717) is 16.9 Å². The van der Waals surface area contributed by atoms with Gasteiger partial charge in [-0.05, 0) is 43.2 Å². The van der Waals surface area contributed by atoms with Gasteiger partial charge in [-0.3, -0.25) is 4.72 Å². The molecule has 0 atom stereocenters. The molecule has 0 aliphatic heterocycles. The van der Waals surface area contributed by atoms with E-state index in [4.69, 9.17) is 5.73 Å². The van der Waals surface area contributed by atoms with Crippen LogP contribution in [0, 0.1) is 13.8 Å². The maximum absolute atomic E-state index is 12.4. The molecule has 19 heavy (non-hydrogen) atoms. The number of nitrogens with two attached hydrogens (primary N) is 1. The van der Waals surface area contributed by atoms with Crippen LogP contribution in [0.3, 0.4) is 0 Å². The molecule has 0 aliphatic carbocycles. The number of hydrogen-bond donors (Lipinski definition) is 2. The number of aryl methyl sites for hydroxylation is 2. The first kappa shape index (κ1) is 13.4. The minimum absolute atomic E-state index is 0.274. The standard InChI is InChI=1S/C14H16N2O2S/c1-10-7-8-11(2)14(9-10)19(17,18)16-13-6-4-3-5-12(13)15/h3-9,16H,15H2,1-2H3. The second-order valence-corrected chi connectivity index (χ2v) is 6.11. The van der Waals surface area contributed by atoms with E-state index < -0.39 is 10.0 Å². The van der Waals surface area contributed by atoms with Crippen molar-refractivity contribution in [2.24, 2.45) is 0 Å². The zero-order chi connectivity index (χ0) is 14.0. The number of para-hydroxylation sites is 2. The number of benzene rings is 2. The number of sulfonamides is 1. The lowest BCUT2D eigenvalue weighted by Crippen LogP contribution is -2.15. The molecule has 0 bridgehead atoms. The summed E-state index contributed by atoms with van der Waals surface area (Å²) in [4.78, 5) is 0.274. The Morgan fingerprint density at radius 1 is 1.05 bits per heavy atom. The third kappa shape index (κ3) is 2.88. The summed E-state index contributed by atoms with van der Waals surface area (Å²) < 4.78 is 27.2. The summed E-state index contributed by atoms with van der Waals surface area (Å²) in [5, 5.41) is 0. The van der Waals surface area contributed by atoms with Crippen LogP contribution >= 0.6 is 0 Å². The first-order valence-electron chi connectivity index (χ1n) is 5.85. The minimum atomic E-state index is -3.62. The molecular formula is C14H16N2O2S. The molecule has 0 fully saturated rings. The van der Waals surface area contributed by atoms with E-state index in [1.54, 1.807) is 43.3 Å². The van der Waals surface area contributed by atoms with Crippen LogP contribution in [-0.4, -0.2) is 8.42 Å². The lowest BCUT2D eigenvalue weighted by atomic mass is 10.2. The third-order valence-corrected chi connectivity index (χ3v) is 4.35. The second kappa shape index (κ2) is 4.93. The van der Waals surface area contributed by atoms with Crippen molar-refractivity contribution in [3.8, 4) is 0 Å². The van der Waals surface area contributed by atoms with E-state index in [9.17, 15) is 8.42 Å². The average molecular weight is 276 g/mol. The van der Waals surface area contributed by atoms with Crippen LogP contribution in [0.15, 0.2) is 47.4 Å². The molecule has 0 saturated carbocycles. The van der Waals surface area contributed by atoms with Crippen LogP contribution in [-0.2, 0) is 10.0 Å². The Hall–Kier alpha value is -2.01. The molecule has 0 saturated heterocycles. The van der Waals surface area contributed by atoms with Crippen molar-refractivity contribution in [3.05, 3.63) is 53.6 Å². The zero-order valence-electron chi connectivity index (χ0n) is 10.8. The van der Waals surface area contributed by atoms with Gasteiger partial charge in [0.25, 0.3) is 10.0 Å². The fourth-order valence-electron chi connectivity index (χ4n) is 1.79. The number of nitrogen functional groups attached to an aromatic ring is 1. The molecule has 2 aromatic carbocycles. The van der Waals surface area contributed by atoms with Crippen LogP contribution in [0.25, 0.3) is 0 Å². The van der Waals surface area contributed by atoms with Gasteiger partial charge in [0.05, 0.1) is 16.3 Å². The quantitative estimate of drug-likeness (QED) is 0.847. The first-order chi connectivity index (χ1) is 8.90. The number of nitrogens with one attached hydrogen (secondary N) is 1. The van der Waals surface area contributed by atoms with Crippen molar-refractivity contribution >= 4 is 21.4 Å². The number of anilines is 2. The minimum Gasteiger partial charge on any atom is -0.397 e. The van der Waals surface area contributed by atoms with Gasteiger partial charge in [-0.1, -0.05) is 24.3 Å². The van der Waals surface area contributed by atoms with Crippen LogP contribution in [0.1, 0.15) is 11.1 Å². The molecule has 2 rings (SSSR count). The molecule has 0 heterocycles. The van der Waals surface area contributed by atoms with E-state index in [-0.39, 0.29) is 4.90 Å². The number of hydrogen-bond acceptors (Lipinski definition) is 3. The highest BCUT2D eigenvalue weighted by atomic mass is 32.2. The summed E-state index contributed by atoms with van der Waals surface area (Å²) in [5.74, 6) is 0. The van der Waals surface area contributed by atoms with Crippen LogP contribution in [0.2, 0.25) is 0 Å². The van der Waals surface area contributed by atoms with E-state index in [1.165, 1.54) is 0 Å². The molecule has 0 radical (unpaired) electrons. The Balaban J connectivity index is 2.44. The smallest absolute Gasteiger partial charge is 0.262 e. The van der Waals surface area contributed by atoms with Crippen molar-refractivity contribution in [2.45, 2.75) is 18.7 Å². The lowest BCUT2D eigenvalue weighted by Gasteiger charge is -2.12. The van der Waals surface area contributed by atoms with Gasteiger partial charge < -0.3 is 5.73 Å². The zero-order valence-corrected chi connectivity index (χ0v) is 11.7. The molecular weight excluding hydrogens is 260 g/mol. The summed E-state index contributed by atoms with van der Waals surface area (Å²) in [5.41, 5.74) is 8.14. The first-order valence-corrected chi connectivity index (χ1v) is 7.33. The fraction of sp³-hybridized carbons (Fsp3) is 0.143. The third-order valence-electron chi connectivity index (χ3n) is 2.84.